The highest BCUT2D eigenvalue weighted by Crippen LogP contribution is 2.49. The van der Waals surface area contributed by atoms with Crippen LogP contribution in [0.5, 0.6) is 0 Å². The van der Waals surface area contributed by atoms with Gasteiger partial charge in [-0.05, 0) is 44.9 Å². The van der Waals surface area contributed by atoms with Crippen LogP contribution < -0.4 is 5.63 Å². The molecule has 30 heavy (non-hydrogen) atoms. The summed E-state index contributed by atoms with van der Waals surface area (Å²) < 4.78 is 5.23. The van der Waals surface area contributed by atoms with E-state index >= 15 is 0 Å². The van der Waals surface area contributed by atoms with Gasteiger partial charge in [0.25, 0.3) is 0 Å². The van der Waals surface area contributed by atoms with Crippen molar-refractivity contribution in [3.8, 4) is 0 Å². The first-order valence-electron chi connectivity index (χ1n) is 9.77. The van der Waals surface area contributed by atoms with Gasteiger partial charge in [0.15, 0.2) is 11.6 Å². The second-order valence-corrected chi connectivity index (χ2v) is 8.00. The molecule has 1 aromatic carbocycles. The topological polar surface area (TPSA) is 102 Å². The molecule has 0 saturated carbocycles. The van der Waals surface area contributed by atoms with E-state index in [0.717, 1.165) is 0 Å². The SMILES string of the molecule is CCC(C)(C1=C(C)C(=O)C(C)=C(C)C1=O)C(C(=O)O)c1ccc2ccc(=O)oc2c1. The van der Waals surface area contributed by atoms with Crippen LogP contribution in [0.15, 0.2) is 61.8 Å². The van der Waals surface area contributed by atoms with Gasteiger partial charge in [-0.1, -0.05) is 26.0 Å². The molecule has 0 saturated heterocycles. The van der Waals surface area contributed by atoms with Crippen LogP contribution in [0, 0.1) is 5.41 Å². The molecule has 1 aliphatic carbocycles. The van der Waals surface area contributed by atoms with Crippen LogP contribution in [0.25, 0.3) is 11.0 Å². The van der Waals surface area contributed by atoms with Gasteiger partial charge in [-0.2, -0.15) is 0 Å². The van der Waals surface area contributed by atoms with Crippen LogP contribution in [-0.4, -0.2) is 22.6 Å². The van der Waals surface area contributed by atoms with E-state index < -0.39 is 22.9 Å². The molecule has 0 fully saturated rings. The van der Waals surface area contributed by atoms with E-state index in [-0.39, 0.29) is 28.3 Å². The molecular weight excluding hydrogens is 384 g/mol. The second kappa shape index (κ2) is 7.52. The lowest BCUT2D eigenvalue weighted by Crippen LogP contribution is -2.39. The number of carboxylic acid groups (broad SMARTS) is 1. The van der Waals surface area contributed by atoms with Gasteiger partial charge in [0.2, 0.25) is 0 Å². The van der Waals surface area contributed by atoms with E-state index in [4.69, 9.17) is 4.42 Å². The zero-order valence-corrected chi connectivity index (χ0v) is 17.7. The molecule has 2 atom stereocenters. The molecule has 1 heterocycles. The number of carbonyl (C=O) groups excluding carboxylic acids is 2. The Morgan fingerprint density at radius 1 is 1.00 bits per heavy atom. The van der Waals surface area contributed by atoms with Crippen LogP contribution >= 0.6 is 0 Å². The molecule has 156 valence electrons. The fourth-order valence-electron chi connectivity index (χ4n) is 4.35. The van der Waals surface area contributed by atoms with Crippen molar-refractivity contribution < 1.29 is 23.9 Å². The number of allylic oxidation sites excluding steroid dienone is 4. The molecule has 2 unspecified atom stereocenters. The summed E-state index contributed by atoms with van der Waals surface area (Å²) in [5.41, 5.74) is 0.242. The summed E-state index contributed by atoms with van der Waals surface area (Å²) in [4.78, 5) is 50.0. The monoisotopic (exact) mass is 408 g/mol. The predicted molar refractivity (Wildman–Crippen MR) is 112 cm³/mol. The average Bonchev–Trinajstić information content (AvgIpc) is 2.70. The molecular formula is C24H24O6. The zero-order chi connectivity index (χ0) is 22.4. The summed E-state index contributed by atoms with van der Waals surface area (Å²) >= 11 is 0. The van der Waals surface area contributed by atoms with Crippen molar-refractivity contribution in [2.45, 2.75) is 47.0 Å². The van der Waals surface area contributed by atoms with Crippen molar-refractivity contribution in [3.05, 3.63) is 68.6 Å². The number of fused-ring (bicyclic) bond motifs is 1. The maximum atomic E-state index is 13.2. The minimum Gasteiger partial charge on any atom is -0.481 e. The Hall–Kier alpha value is -3.28. The second-order valence-electron chi connectivity index (χ2n) is 8.00. The Morgan fingerprint density at radius 2 is 1.60 bits per heavy atom. The summed E-state index contributed by atoms with van der Waals surface area (Å²) in [6.07, 6.45) is 0.318. The smallest absolute Gasteiger partial charge is 0.336 e. The normalized spacial score (nSPS) is 18.0. The zero-order valence-electron chi connectivity index (χ0n) is 17.7. The van der Waals surface area contributed by atoms with E-state index in [0.29, 0.717) is 28.5 Å². The van der Waals surface area contributed by atoms with Gasteiger partial charge in [0, 0.05) is 39.2 Å². The summed E-state index contributed by atoms with van der Waals surface area (Å²) in [6.45, 7) is 8.29. The number of hydrogen-bond donors (Lipinski definition) is 1. The molecule has 0 aliphatic heterocycles. The van der Waals surface area contributed by atoms with Crippen molar-refractivity contribution in [3.63, 3.8) is 0 Å². The van der Waals surface area contributed by atoms with E-state index in [1.807, 2.05) is 0 Å². The first kappa shape index (κ1) is 21.4. The van der Waals surface area contributed by atoms with Crippen molar-refractivity contribution in [1.29, 1.82) is 0 Å². The highest BCUT2D eigenvalue weighted by atomic mass is 16.4. The molecule has 0 bridgehead atoms. The maximum absolute atomic E-state index is 13.2. The maximum Gasteiger partial charge on any atom is 0.336 e. The number of rotatable bonds is 5. The molecule has 0 spiro atoms. The lowest BCUT2D eigenvalue weighted by Gasteiger charge is -2.39. The Kier molecular flexibility index (Phi) is 5.37. The largest absolute Gasteiger partial charge is 0.481 e. The number of carbonyl (C=O) groups is 3. The van der Waals surface area contributed by atoms with Crippen LogP contribution in [-0.2, 0) is 14.4 Å². The fraction of sp³-hybridized carbons (Fsp3) is 0.333. The third-order valence-corrected chi connectivity index (χ3v) is 6.36. The van der Waals surface area contributed by atoms with Gasteiger partial charge in [0.1, 0.15) is 5.58 Å². The minimum absolute atomic E-state index is 0.236. The number of Topliss-reactive ketones (excluding diaryl/α,β-unsaturated/α-hetero) is 2. The molecule has 1 N–H and O–H groups in total. The van der Waals surface area contributed by atoms with Crippen molar-refractivity contribution >= 4 is 28.5 Å². The third-order valence-electron chi connectivity index (χ3n) is 6.36. The van der Waals surface area contributed by atoms with Crippen LogP contribution in [0.1, 0.15) is 52.5 Å². The molecule has 3 rings (SSSR count). The lowest BCUT2D eigenvalue weighted by atomic mass is 9.62. The van der Waals surface area contributed by atoms with Gasteiger partial charge >= 0.3 is 11.6 Å². The van der Waals surface area contributed by atoms with Gasteiger partial charge in [-0.25, -0.2) is 4.79 Å². The Balaban J connectivity index is 2.26. The minimum atomic E-state index is -1.15. The molecule has 1 aromatic heterocycles. The predicted octanol–water partition coefficient (Wildman–Crippen LogP) is 4.18. The highest BCUT2D eigenvalue weighted by Gasteiger charge is 2.47. The molecule has 0 amide bonds. The average molecular weight is 408 g/mol. The molecule has 1 aliphatic rings. The first-order chi connectivity index (χ1) is 14.0. The Labute approximate surface area is 173 Å². The van der Waals surface area contributed by atoms with Gasteiger partial charge in [0.05, 0.1) is 5.92 Å². The molecule has 2 aromatic rings. The Morgan fingerprint density at radius 3 is 2.20 bits per heavy atom. The standard InChI is InChI=1S/C24H24O6/c1-6-24(5,19-14(4)21(26)12(2)13(3)22(19)27)20(23(28)29)16-8-7-15-9-10-18(25)30-17(15)11-16/h7-11,20H,6H2,1-5H3,(H,28,29). The Bertz CT molecular complexity index is 1210. The summed E-state index contributed by atoms with van der Waals surface area (Å²) in [6, 6.07) is 7.78. The first-order valence-corrected chi connectivity index (χ1v) is 9.77. The van der Waals surface area contributed by atoms with E-state index in [9.17, 15) is 24.3 Å². The summed E-state index contributed by atoms with van der Waals surface area (Å²) in [5, 5.41) is 10.8. The number of hydrogen-bond acceptors (Lipinski definition) is 5. The van der Waals surface area contributed by atoms with Gasteiger partial charge in [-0.3, -0.25) is 14.4 Å². The molecule has 6 nitrogen and oxygen atoms in total. The third kappa shape index (κ3) is 3.22. The highest BCUT2D eigenvalue weighted by molar-refractivity contribution is 6.25. The lowest BCUT2D eigenvalue weighted by molar-refractivity contribution is -0.141. The quantitative estimate of drug-likeness (QED) is 0.588. The number of aliphatic carboxylic acids is 1. The fourth-order valence-corrected chi connectivity index (χ4v) is 4.35. The van der Waals surface area contributed by atoms with Crippen LogP contribution in [0.4, 0.5) is 0 Å². The number of carboxylic acids is 1. The van der Waals surface area contributed by atoms with Gasteiger partial charge < -0.3 is 9.52 Å². The van der Waals surface area contributed by atoms with Crippen molar-refractivity contribution in [1.82, 2.24) is 0 Å². The number of ketones is 2. The van der Waals surface area contributed by atoms with Crippen molar-refractivity contribution in [2.24, 2.45) is 5.41 Å². The number of benzene rings is 1. The van der Waals surface area contributed by atoms with Crippen LogP contribution in [0.2, 0.25) is 0 Å². The van der Waals surface area contributed by atoms with Crippen molar-refractivity contribution in [2.75, 3.05) is 0 Å². The summed E-state index contributed by atoms with van der Waals surface area (Å²) in [5.74, 6) is -2.78. The summed E-state index contributed by atoms with van der Waals surface area (Å²) in [7, 11) is 0. The van der Waals surface area contributed by atoms with E-state index in [1.54, 1.807) is 52.8 Å². The van der Waals surface area contributed by atoms with E-state index in [1.165, 1.54) is 12.1 Å². The van der Waals surface area contributed by atoms with Crippen LogP contribution in [0.3, 0.4) is 0 Å². The molecule has 0 radical (unpaired) electrons. The molecule has 6 heteroatoms. The van der Waals surface area contributed by atoms with E-state index in [2.05, 4.69) is 0 Å². The van der Waals surface area contributed by atoms with Gasteiger partial charge in [-0.15, -0.1) is 0 Å².